The highest BCUT2D eigenvalue weighted by Crippen LogP contribution is 2.48. The number of ketones is 1. The lowest BCUT2D eigenvalue weighted by Gasteiger charge is -2.20. The summed E-state index contributed by atoms with van der Waals surface area (Å²) in [4.78, 5) is 25.3. The van der Waals surface area contributed by atoms with Crippen LogP contribution in [0.25, 0.3) is 10.8 Å². The van der Waals surface area contributed by atoms with Crippen molar-refractivity contribution in [3.8, 4) is 5.75 Å². The fourth-order valence-corrected chi connectivity index (χ4v) is 3.37. The van der Waals surface area contributed by atoms with Gasteiger partial charge < -0.3 is 9.47 Å². The molecule has 0 bridgehead atoms. The molecule has 23 heavy (non-hydrogen) atoms. The van der Waals surface area contributed by atoms with Crippen molar-refractivity contribution in [3.05, 3.63) is 77.4 Å². The van der Waals surface area contributed by atoms with E-state index in [1.54, 1.807) is 30.3 Å². The summed E-state index contributed by atoms with van der Waals surface area (Å²) >= 11 is 0. The van der Waals surface area contributed by atoms with Gasteiger partial charge in [-0.3, -0.25) is 4.79 Å². The second kappa shape index (κ2) is 3.98. The Balaban J connectivity index is 1.80. The largest absolute Gasteiger partial charge is 0.441 e. The van der Waals surface area contributed by atoms with Gasteiger partial charge in [0.25, 0.3) is 5.78 Å². The van der Waals surface area contributed by atoms with E-state index in [9.17, 15) is 9.59 Å². The fourth-order valence-electron chi connectivity index (χ4n) is 3.37. The molecule has 110 valence electrons. The normalized spacial score (nSPS) is 21.2. The predicted octanol–water partition coefficient (Wildman–Crippen LogP) is 3.44. The van der Waals surface area contributed by atoms with Crippen LogP contribution in [0.3, 0.4) is 0 Å². The van der Waals surface area contributed by atoms with Crippen LogP contribution in [0, 0.1) is 0 Å². The van der Waals surface area contributed by atoms with Gasteiger partial charge in [0.15, 0.2) is 0 Å². The van der Waals surface area contributed by atoms with E-state index >= 15 is 0 Å². The van der Waals surface area contributed by atoms with Crippen LogP contribution in [-0.4, -0.2) is 11.8 Å². The van der Waals surface area contributed by atoms with Crippen LogP contribution in [0.4, 0.5) is 0 Å². The second-order valence-electron chi connectivity index (χ2n) is 5.64. The van der Waals surface area contributed by atoms with Gasteiger partial charge in [-0.1, -0.05) is 42.5 Å². The molecule has 1 unspecified atom stereocenters. The molecule has 1 atom stereocenters. The Morgan fingerprint density at radius 1 is 0.783 bits per heavy atom. The van der Waals surface area contributed by atoms with Crippen LogP contribution in [0.5, 0.6) is 5.75 Å². The molecule has 0 fully saturated rings. The van der Waals surface area contributed by atoms with Crippen LogP contribution in [0.15, 0.2) is 60.7 Å². The van der Waals surface area contributed by atoms with Gasteiger partial charge in [-0.15, -0.1) is 0 Å². The summed E-state index contributed by atoms with van der Waals surface area (Å²) in [6.45, 7) is 0. The molecule has 0 saturated heterocycles. The molecule has 0 amide bonds. The average Bonchev–Trinajstić information content (AvgIpc) is 3.04. The minimum Gasteiger partial charge on any atom is -0.441 e. The number of ether oxygens (including phenoxy) is 2. The number of fused-ring (bicyclic) bond motifs is 5. The third-order valence-corrected chi connectivity index (χ3v) is 4.41. The van der Waals surface area contributed by atoms with Crippen molar-refractivity contribution >= 4 is 22.5 Å². The number of hydrogen-bond donors (Lipinski definition) is 0. The lowest BCUT2D eigenvalue weighted by molar-refractivity contribution is -0.0978. The van der Waals surface area contributed by atoms with E-state index in [1.807, 2.05) is 30.3 Å². The smallest absolute Gasteiger partial charge is 0.347 e. The Morgan fingerprint density at radius 3 is 2.48 bits per heavy atom. The summed E-state index contributed by atoms with van der Waals surface area (Å²) in [5.74, 6) is -2.10. The van der Waals surface area contributed by atoms with Crippen molar-refractivity contribution in [3.63, 3.8) is 0 Å². The number of esters is 1. The molecule has 2 heterocycles. The van der Waals surface area contributed by atoms with Gasteiger partial charge in [0.05, 0.1) is 16.7 Å². The molecule has 0 N–H and O–H groups in total. The zero-order valence-electron chi connectivity index (χ0n) is 11.9. The minimum absolute atomic E-state index is 0.331. The molecule has 4 nitrogen and oxygen atoms in total. The van der Waals surface area contributed by atoms with Crippen LogP contribution in [0.2, 0.25) is 0 Å². The molecule has 5 rings (SSSR count). The minimum atomic E-state index is -1.68. The Bertz CT molecular complexity index is 1020. The predicted molar refractivity (Wildman–Crippen MR) is 82.4 cm³/mol. The fraction of sp³-hybridized carbons (Fsp3) is 0.0526. The van der Waals surface area contributed by atoms with Gasteiger partial charge in [0.2, 0.25) is 0 Å². The summed E-state index contributed by atoms with van der Waals surface area (Å²) in [7, 11) is 0. The summed E-state index contributed by atoms with van der Waals surface area (Å²) < 4.78 is 11.3. The summed E-state index contributed by atoms with van der Waals surface area (Å²) in [6, 6.07) is 18.1. The first-order valence-electron chi connectivity index (χ1n) is 7.29. The first kappa shape index (κ1) is 12.4. The van der Waals surface area contributed by atoms with E-state index in [4.69, 9.17) is 9.47 Å². The first-order chi connectivity index (χ1) is 11.2. The van der Waals surface area contributed by atoms with Gasteiger partial charge in [-0.2, -0.15) is 0 Å². The highest BCUT2D eigenvalue weighted by atomic mass is 16.7. The number of hydrogen-bond acceptors (Lipinski definition) is 4. The van der Waals surface area contributed by atoms with Gasteiger partial charge in [0.1, 0.15) is 5.75 Å². The molecule has 3 aromatic carbocycles. The zero-order valence-corrected chi connectivity index (χ0v) is 11.9. The Kier molecular flexibility index (Phi) is 2.15. The highest BCUT2D eigenvalue weighted by molar-refractivity contribution is 6.18. The van der Waals surface area contributed by atoms with Crippen molar-refractivity contribution in [2.24, 2.45) is 0 Å². The molecular weight excluding hydrogens is 292 g/mol. The Morgan fingerprint density at radius 2 is 1.57 bits per heavy atom. The topological polar surface area (TPSA) is 52.6 Å². The van der Waals surface area contributed by atoms with Gasteiger partial charge >= 0.3 is 11.8 Å². The quantitative estimate of drug-likeness (QED) is 0.597. The highest BCUT2D eigenvalue weighted by Gasteiger charge is 2.59. The average molecular weight is 302 g/mol. The van der Waals surface area contributed by atoms with Crippen LogP contribution in [0.1, 0.15) is 26.3 Å². The van der Waals surface area contributed by atoms with E-state index in [0.29, 0.717) is 22.4 Å². The van der Waals surface area contributed by atoms with Crippen molar-refractivity contribution in [1.29, 1.82) is 0 Å². The number of carbonyl (C=O) groups excluding carboxylic acids is 2. The molecule has 0 aliphatic carbocycles. The van der Waals surface area contributed by atoms with Crippen molar-refractivity contribution in [2.45, 2.75) is 5.79 Å². The van der Waals surface area contributed by atoms with Crippen molar-refractivity contribution < 1.29 is 19.1 Å². The van der Waals surface area contributed by atoms with Crippen molar-refractivity contribution in [2.75, 3.05) is 0 Å². The molecule has 2 aliphatic heterocycles. The van der Waals surface area contributed by atoms with Crippen LogP contribution < -0.4 is 4.74 Å². The first-order valence-corrected chi connectivity index (χ1v) is 7.29. The van der Waals surface area contributed by atoms with Crippen LogP contribution >= 0.6 is 0 Å². The lowest BCUT2D eigenvalue weighted by Crippen LogP contribution is -2.37. The molecule has 4 heteroatoms. The van der Waals surface area contributed by atoms with Crippen LogP contribution in [-0.2, 0) is 10.5 Å². The van der Waals surface area contributed by atoms with E-state index in [2.05, 4.69) is 0 Å². The third-order valence-electron chi connectivity index (χ3n) is 4.41. The Hall–Kier alpha value is -3.14. The summed E-state index contributed by atoms with van der Waals surface area (Å²) in [5, 5.41) is 1.74. The molecule has 3 aromatic rings. The number of rotatable bonds is 0. The molecular formula is C19H10O4. The van der Waals surface area contributed by atoms with E-state index < -0.39 is 11.8 Å². The summed E-state index contributed by atoms with van der Waals surface area (Å²) in [5.41, 5.74) is 1.31. The summed E-state index contributed by atoms with van der Waals surface area (Å²) in [6.07, 6.45) is 0. The molecule has 1 spiro atoms. The maximum atomic E-state index is 13.1. The lowest BCUT2D eigenvalue weighted by atomic mass is 9.94. The SMILES string of the molecule is O=C1OC2(Oc3ccc4ccccc4c3C2=O)c2ccccc21. The maximum absolute atomic E-state index is 13.1. The molecule has 0 radical (unpaired) electrons. The van der Waals surface area contributed by atoms with Gasteiger partial charge in [-0.25, -0.2) is 4.79 Å². The number of benzene rings is 3. The van der Waals surface area contributed by atoms with E-state index in [1.165, 1.54) is 0 Å². The standard InChI is InChI=1S/C19H10O4/c20-17-16-12-6-2-1-5-11(12)9-10-15(16)22-19(17)14-8-4-3-7-13(14)18(21)23-19/h1-10H. The van der Waals surface area contributed by atoms with E-state index in [-0.39, 0.29) is 5.78 Å². The maximum Gasteiger partial charge on any atom is 0.347 e. The number of carbonyl (C=O) groups is 2. The van der Waals surface area contributed by atoms with Crippen molar-refractivity contribution in [1.82, 2.24) is 0 Å². The molecule has 0 aromatic heterocycles. The zero-order chi connectivity index (χ0) is 15.6. The Labute approximate surface area is 131 Å². The third kappa shape index (κ3) is 1.40. The monoisotopic (exact) mass is 302 g/mol. The van der Waals surface area contributed by atoms with Gasteiger partial charge in [0, 0.05) is 0 Å². The van der Waals surface area contributed by atoms with E-state index in [0.717, 1.165) is 10.8 Å². The van der Waals surface area contributed by atoms with Gasteiger partial charge in [-0.05, 0) is 29.0 Å². The molecule has 0 saturated carbocycles. The molecule has 2 aliphatic rings. The second-order valence-corrected chi connectivity index (χ2v) is 5.64. The number of Topliss-reactive ketones (excluding diaryl/α,β-unsaturated/α-hetero) is 1.